The van der Waals surface area contributed by atoms with Crippen LogP contribution in [0.1, 0.15) is 24.0 Å². The lowest BCUT2D eigenvalue weighted by atomic mass is 9.70. The molecule has 0 unspecified atom stereocenters. The Morgan fingerprint density at radius 3 is 1.86 bits per heavy atom. The van der Waals surface area contributed by atoms with Crippen LogP contribution in [0.5, 0.6) is 5.75 Å². The third-order valence-corrected chi connectivity index (χ3v) is 4.32. The van der Waals surface area contributed by atoms with E-state index in [-0.39, 0.29) is 5.41 Å². The van der Waals surface area contributed by atoms with Crippen molar-refractivity contribution in [3.8, 4) is 5.75 Å². The summed E-state index contributed by atoms with van der Waals surface area (Å²) in [5, 5.41) is 0. The van der Waals surface area contributed by atoms with Crippen LogP contribution in [0.25, 0.3) is 0 Å². The molecule has 0 saturated carbocycles. The Kier molecular flexibility index (Phi) is 5.62. The van der Waals surface area contributed by atoms with Crippen LogP contribution in [0.3, 0.4) is 0 Å². The largest absolute Gasteiger partial charge is 0.428 e. The predicted octanol–water partition coefficient (Wildman–Crippen LogP) is 5.85. The molecule has 0 heterocycles. The van der Waals surface area contributed by atoms with E-state index in [0.717, 1.165) is 18.6 Å². The Bertz CT molecular complexity index is 577. The molecule has 2 heteroatoms. The van der Waals surface area contributed by atoms with Gasteiger partial charge in [-0.3, -0.25) is 0 Å². The van der Waals surface area contributed by atoms with Crippen LogP contribution in [0.2, 0.25) is 0 Å². The monoisotopic (exact) mass is 390 g/mol. The van der Waals surface area contributed by atoms with E-state index in [9.17, 15) is 0 Å². The molecule has 0 spiro atoms. The zero-order valence-electron chi connectivity index (χ0n) is 12.0. The Morgan fingerprint density at radius 1 is 0.857 bits per heavy atom. The van der Waals surface area contributed by atoms with Crippen molar-refractivity contribution in [2.75, 3.05) is 0 Å². The molecule has 2 rings (SSSR count). The molecule has 0 bridgehead atoms. The maximum atomic E-state index is 5.24. The summed E-state index contributed by atoms with van der Waals surface area (Å²) in [6.07, 6.45) is 5.71. The number of benzene rings is 2. The first kappa shape index (κ1) is 15.8. The molecule has 0 fully saturated rings. The standard InChI is InChI=1S/C19H19IO/c1-3-14-19(15-4-2,16-8-6-5-7-9-16)17-10-12-18(21-20)13-11-17/h3-13H,1-2,14-15H2. The third-order valence-electron chi connectivity index (χ3n) is 3.81. The summed E-state index contributed by atoms with van der Waals surface area (Å²) < 4.78 is 5.24. The summed E-state index contributed by atoms with van der Waals surface area (Å²) in [5.74, 6) is 0.860. The van der Waals surface area contributed by atoms with Crippen molar-refractivity contribution in [2.24, 2.45) is 0 Å². The van der Waals surface area contributed by atoms with Crippen molar-refractivity contribution in [2.45, 2.75) is 18.3 Å². The van der Waals surface area contributed by atoms with E-state index in [0.29, 0.717) is 0 Å². The highest BCUT2D eigenvalue weighted by Crippen LogP contribution is 2.40. The van der Waals surface area contributed by atoms with E-state index in [1.54, 1.807) is 0 Å². The molecule has 0 aromatic heterocycles. The minimum Gasteiger partial charge on any atom is -0.428 e. The van der Waals surface area contributed by atoms with Crippen LogP contribution in [-0.2, 0) is 5.41 Å². The van der Waals surface area contributed by atoms with Crippen LogP contribution >= 0.6 is 23.0 Å². The Morgan fingerprint density at radius 2 is 1.38 bits per heavy atom. The summed E-state index contributed by atoms with van der Waals surface area (Å²) >= 11 is 1.90. The van der Waals surface area contributed by atoms with E-state index in [1.807, 2.05) is 53.4 Å². The van der Waals surface area contributed by atoms with Crippen LogP contribution in [0.15, 0.2) is 79.9 Å². The summed E-state index contributed by atoms with van der Waals surface area (Å²) in [7, 11) is 0. The highest BCUT2D eigenvalue weighted by atomic mass is 127. The van der Waals surface area contributed by atoms with Crippen LogP contribution < -0.4 is 3.07 Å². The van der Waals surface area contributed by atoms with Gasteiger partial charge >= 0.3 is 0 Å². The van der Waals surface area contributed by atoms with Gasteiger partial charge in [0.2, 0.25) is 0 Å². The predicted molar refractivity (Wildman–Crippen MR) is 97.9 cm³/mol. The number of allylic oxidation sites excluding steroid dienone is 2. The molecule has 0 aliphatic rings. The van der Waals surface area contributed by atoms with Gasteiger partial charge in [-0.15, -0.1) is 13.2 Å². The molecule has 1 nitrogen and oxygen atoms in total. The second-order valence-electron chi connectivity index (χ2n) is 5.04. The van der Waals surface area contributed by atoms with E-state index in [2.05, 4.69) is 49.6 Å². The van der Waals surface area contributed by atoms with Crippen molar-refractivity contribution < 1.29 is 3.07 Å². The van der Waals surface area contributed by atoms with Crippen LogP contribution in [0, 0.1) is 0 Å². The van der Waals surface area contributed by atoms with Crippen LogP contribution in [-0.4, -0.2) is 0 Å². The molecule has 0 radical (unpaired) electrons. The molecule has 108 valence electrons. The summed E-state index contributed by atoms with van der Waals surface area (Å²) in [6, 6.07) is 18.8. The van der Waals surface area contributed by atoms with Gasteiger partial charge < -0.3 is 3.07 Å². The molecule has 0 atom stereocenters. The molecule has 0 amide bonds. The fourth-order valence-corrected chi connectivity index (χ4v) is 3.09. The SMILES string of the molecule is C=CCC(CC=C)(c1ccccc1)c1ccc(OI)cc1. The fraction of sp³-hybridized carbons (Fsp3) is 0.158. The quantitative estimate of drug-likeness (QED) is 0.426. The summed E-state index contributed by atoms with van der Waals surface area (Å²) in [5.41, 5.74) is 2.42. The van der Waals surface area contributed by atoms with Gasteiger partial charge in [0.15, 0.2) is 23.0 Å². The fourth-order valence-electron chi connectivity index (χ4n) is 2.80. The topological polar surface area (TPSA) is 9.23 Å². The summed E-state index contributed by atoms with van der Waals surface area (Å²) in [4.78, 5) is 0. The minimum atomic E-state index is -0.117. The zero-order chi connectivity index (χ0) is 15.1. The van der Waals surface area contributed by atoms with Crippen molar-refractivity contribution in [3.63, 3.8) is 0 Å². The van der Waals surface area contributed by atoms with E-state index >= 15 is 0 Å². The first-order valence-corrected chi connectivity index (χ1v) is 7.81. The number of halogens is 1. The first-order chi connectivity index (χ1) is 10.3. The normalized spacial score (nSPS) is 10.9. The van der Waals surface area contributed by atoms with Gasteiger partial charge in [-0.1, -0.05) is 54.6 Å². The highest BCUT2D eigenvalue weighted by molar-refractivity contribution is 14.1. The molecule has 0 N–H and O–H groups in total. The van der Waals surface area contributed by atoms with E-state index in [1.165, 1.54) is 11.1 Å². The molecule has 0 saturated heterocycles. The van der Waals surface area contributed by atoms with Gasteiger partial charge in [0.05, 0.1) is 0 Å². The van der Waals surface area contributed by atoms with Crippen molar-refractivity contribution >= 4 is 23.0 Å². The molecule has 21 heavy (non-hydrogen) atoms. The van der Waals surface area contributed by atoms with E-state index < -0.39 is 0 Å². The Hall–Kier alpha value is -1.55. The van der Waals surface area contributed by atoms with Crippen molar-refractivity contribution in [1.82, 2.24) is 0 Å². The molecular weight excluding hydrogens is 371 g/mol. The number of hydrogen-bond donors (Lipinski definition) is 0. The van der Waals surface area contributed by atoms with Crippen molar-refractivity contribution in [3.05, 3.63) is 91.0 Å². The van der Waals surface area contributed by atoms with Gasteiger partial charge in [-0.2, -0.15) is 0 Å². The lowest BCUT2D eigenvalue weighted by molar-refractivity contribution is 0.528. The van der Waals surface area contributed by atoms with Gasteiger partial charge in [-0.05, 0) is 36.1 Å². The molecule has 2 aromatic rings. The van der Waals surface area contributed by atoms with Gasteiger partial charge in [-0.25, -0.2) is 0 Å². The molecule has 2 aromatic carbocycles. The van der Waals surface area contributed by atoms with Gasteiger partial charge in [0.25, 0.3) is 0 Å². The maximum Gasteiger partial charge on any atom is 0.192 e. The van der Waals surface area contributed by atoms with Gasteiger partial charge in [0, 0.05) is 5.41 Å². The number of hydrogen-bond acceptors (Lipinski definition) is 1. The van der Waals surface area contributed by atoms with Crippen molar-refractivity contribution in [1.29, 1.82) is 0 Å². The molecule has 0 aliphatic carbocycles. The summed E-state index contributed by atoms with van der Waals surface area (Å²) in [6.45, 7) is 7.90. The second-order valence-corrected chi connectivity index (χ2v) is 5.48. The second kappa shape index (κ2) is 7.46. The lowest BCUT2D eigenvalue weighted by Crippen LogP contribution is -2.26. The highest BCUT2D eigenvalue weighted by Gasteiger charge is 2.31. The average Bonchev–Trinajstić information content (AvgIpc) is 2.55. The Labute approximate surface area is 141 Å². The van der Waals surface area contributed by atoms with E-state index in [4.69, 9.17) is 3.07 Å². The van der Waals surface area contributed by atoms with Crippen LogP contribution in [0.4, 0.5) is 0 Å². The smallest absolute Gasteiger partial charge is 0.192 e. The lowest BCUT2D eigenvalue weighted by Gasteiger charge is -2.33. The minimum absolute atomic E-state index is 0.117. The van der Waals surface area contributed by atoms with Gasteiger partial charge in [0.1, 0.15) is 5.75 Å². The zero-order valence-corrected chi connectivity index (χ0v) is 14.1. The maximum absolute atomic E-state index is 5.24. The number of rotatable bonds is 7. The Balaban J connectivity index is 2.57. The first-order valence-electron chi connectivity index (χ1n) is 6.93. The average molecular weight is 390 g/mol. The molecule has 0 aliphatic heterocycles. The third kappa shape index (κ3) is 3.38. The molecular formula is C19H19IO.